The van der Waals surface area contributed by atoms with Crippen molar-refractivity contribution >= 4 is 11.7 Å². The van der Waals surface area contributed by atoms with Crippen LogP contribution in [0, 0.1) is 0 Å². The molecule has 14 nitrogen and oxygen atoms in total. The van der Waals surface area contributed by atoms with Gasteiger partial charge in [-0.1, -0.05) is 0 Å². The molecule has 3 aromatic rings. The summed E-state index contributed by atoms with van der Waals surface area (Å²) >= 11 is 0. The molecule has 0 saturated heterocycles. The Kier molecular flexibility index (Phi) is 11.0. The predicted molar refractivity (Wildman–Crippen MR) is 156 cm³/mol. The lowest BCUT2D eigenvalue weighted by Gasteiger charge is -2.37. The fourth-order valence-electron chi connectivity index (χ4n) is 5.34. The predicted octanol–water partition coefficient (Wildman–Crippen LogP) is 0.0295. The van der Waals surface area contributed by atoms with E-state index in [9.17, 15) is 9.90 Å². The summed E-state index contributed by atoms with van der Waals surface area (Å²) in [6, 6.07) is 10.1. The third-order valence-corrected chi connectivity index (χ3v) is 7.64. The highest BCUT2D eigenvalue weighted by atomic mass is 16.5. The van der Waals surface area contributed by atoms with Crippen LogP contribution in [0.3, 0.4) is 0 Å². The number of carboxylic acids is 1. The largest absolute Gasteiger partial charge is 0.493 e. The van der Waals surface area contributed by atoms with E-state index in [1.165, 1.54) is 0 Å². The van der Waals surface area contributed by atoms with Crippen LogP contribution in [0.25, 0.3) is 5.82 Å². The number of aliphatic hydroxyl groups excluding tert-OH is 6. The zero-order valence-electron chi connectivity index (χ0n) is 24.3. The van der Waals surface area contributed by atoms with Crippen LogP contribution in [0.1, 0.15) is 48.8 Å². The van der Waals surface area contributed by atoms with Gasteiger partial charge in [0.1, 0.15) is 18.3 Å². The van der Waals surface area contributed by atoms with Crippen LogP contribution >= 0.6 is 0 Å². The van der Waals surface area contributed by atoms with Crippen molar-refractivity contribution in [1.82, 2.24) is 14.8 Å². The summed E-state index contributed by atoms with van der Waals surface area (Å²) in [4.78, 5) is 19.8. The molecule has 1 aliphatic heterocycles. The summed E-state index contributed by atoms with van der Waals surface area (Å²) in [6.07, 6.45) is -0.329. The summed E-state index contributed by atoms with van der Waals surface area (Å²) in [5.41, 5.74) is 4.04. The zero-order chi connectivity index (χ0) is 32.0. The molecular formula is C30H38N4O10. The summed E-state index contributed by atoms with van der Waals surface area (Å²) in [5, 5.41) is 66.4. The smallest absolute Gasteiger partial charge is 0.335 e. The van der Waals surface area contributed by atoms with E-state index >= 15 is 0 Å². The van der Waals surface area contributed by atoms with Crippen molar-refractivity contribution in [1.29, 1.82) is 0 Å². The van der Waals surface area contributed by atoms with E-state index in [0.717, 1.165) is 46.8 Å². The van der Waals surface area contributed by atoms with E-state index in [2.05, 4.69) is 16.1 Å². The Morgan fingerprint density at radius 3 is 2.48 bits per heavy atom. The number of aliphatic carboxylic acids is 1. The summed E-state index contributed by atoms with van der Waals surface area (Å²) < 4.78 is 13.2. The molecule has 14 heteroatoms. The minimum Gasteiger partial charge on any atom is -0.493 e. The van der Waals surface area contributed by atoms with Crippen LogP contribution in [0.15, 0.2) is 53.9 Å². The van der Waals surface area contributed by atoms with Gasteiger partial charge in [-0.3, -0.25) is 4.99 Å². The van der Waals surface area contributed by atoms with Gasteiger partial charge in [-0.15, -0.1) is 0 Å². The van der Waals surface area contributed by atoms with Gasteiger partial charge in [-0.2, -0.15) is 5.10 Å². The maximum absolute atomic E-state index is 10.3. The number of pyridine rings is 1. The number of aliphatic imine (C=N–C) groups is 1. The Morgan fingerprint density at radius 1 is 1.11 bits per heavy atom. The molecule has 7 N–H and O–H groups in total. The second-order valence-electron chi connectivity index (χ2n) is 10.5. The average Bonchev–Trinajstić information content (AvgIpc) is 3.58. The maximum atomic E-state index is 10.3. The van der Waals surface area contributed by atoms with E-state index in [4.69, 9.17) is 45.1 Å². The molecule has 5 rings (SSSR count). The minimum atomic E-state index is -2.20. The fourth-order valence-corrected chi connectivity index (χ4v) is 5.34. The number of rotatable bonds is 10. The van der Waals surface area contributed by atoms with Gasteiger partial charge in [0, 0.05) is 35.6 Å². The summed E-state index contributed by atoms with van der Waals surface area (Å²) in [7, 11) is 1.65. The number of carboxylic acid groups (broad SMARTS) is 1. The molecule has 7 atom stereocenters. The van der Waals surface area contributed by atoms with Crippen LogP contribution < -0.4 is 9.47 Å². The zero-order valence-corrected chi connectivity index (χ0v) is 24.3. The number of benzene rings is 1. The van der Waals surface area contributed by atoms with Gasteiger partial charge in [0.25, 0.3) is 0 Å². The van der Waals surface area contributed by atoms with Gasteiger partial charge in [-0.05, 0) is 62.1 Å². The highest BCUT2D eigenvalue weighted by Gasteiger charge is 2.37. The lowest BCUT2D eigenvalue weighted by molar-refractivity contribution is -0.164. The first-order valence-electron chi connectivity index (χ1n) is 14.2. The highest BCUT2D eigenvalue weighted by molar-refractivity contribution is 6.14. The number of nitrogens with zero attached hydrogens (tertiary/aromatic N) is 4. The molecule has 2 aliphatic rings. The standard InChI is InChI=1S/C24H26N4O3.C6H12O7/c1-3-31-22-12-17-18-11-16(29)6-7-20(18)27-24(19(17)13-21(22)30-2)15-5-8-23(25-14-15)28-10-4-9-26-28;7-1-2(8)3(9)4(10)5(11)6(12)13/h4-5,8-10,12-14,16,18,20,29H,3,6-7,11H2,1-2H3;2-5,7-11H,1H2,(H,12,13)/t16-,18-,20-;2-,3+,4+,5+/m10/s1. The van der Waals surface area contributed by atoms with Crippen molar-refractivity contribution in [3.05, 3.63) is 65.6 Å². The van der Waals surface area contributed by atoms with E-state index in [-0.39, 0.29) is 18.1 Å². The summed E-state index contributed by atoms with van der Waals surface area (Å²) in [6.45, 7) is 1.68. The number of ether oxygens (including phenoxy) is 2. The first-order chi connectivity index (χ1) is 21.1. The van der Waals surface area contributed by atoms with E-state index in [0.29, 0.717) is 18.8 Å². The molecule has 0 spiro atoms. The maximum Gasteiger partial charge on any atom is 0.335 e. The van der Waals surface area contributed by atoms with Crippen LogP contribution in [0.2, 0.25) is 0 Å². The minimum absolute atomic E-state index is 0.138. The van der Waals surface area contributed by atoms with Crippen molar-refractivity contribution in [3.8, 4) is 17.3 Å². The highest BCUT2D eigenvalue weighted by Crippen LogP contribution is 2.45. The molecule has 238 valence electrons. The number of carbonyl (C=O) groups is 1. The molecule has 1 aliphatic carbocycles. The van der Waals surface area contributed by atoms with Gasteiger partial charge >= 0.3 is 5.97 Å². The topological polar surface area (TPSA) is 220 Å². The molecule has 1 fully saturated rings. The van der Waals surface area contributed by atoms with Gasteiger partial charge < -0.3 is 45.2 Å². The second kappa shape index (κ2) is 14.7. The van der Waals surface area contributed by atoms with Crippen molar-refractivity contribution in [2.75, 3.05) is 20.3 Å². The molecular weight excluding hydrogens is 576 g/mol. The van der Waals surface area contributed by atoms with Crippen LogP contribution in [-0.4, -0.2) is 119 Å². The molecule has 0 unspecified atom stereocenters. The number of hydrogen-bond acceptors (Lipinski definition) is 12. The normalized spacial score (nSPS) is 21.7. The van der Waals surface area contributed by atoms with Gasteiger partial charge in [0.05, 0.1) is 38.2 Å². The third kappa shape index (κ3) is 7.23. The Balaban J connectivity index is 0.000000289. The van der Waals surface area contributed by atoms with Crippen LogP contribution in [-0.2, 0) is 4.79 Å². The van der Waals surface area contributed by atoms with Crippen molar-refractivity contribution < 1.29 is 50.0 Å². The van der Waals surface area contributed by atoms with E-state index < -0.39 is 37.0 Å². The van der Waals surface area contributed by atoms with Crippen LogP contribution in [0.4, 0.5) is 0 Å². The number of hydrogen-bond donors (Lipinski definition) is 7. The SMILES string of the molecule is CCOc1cc2c(cc1OC)C(c1ccc(-n3cccn3)nc1)=N[C@@H]1CC[C@@H](O)C[C@H]21.O=C(O)[C@H](O)[C@H](O)[C@H](O)[C@@H](O)CO. The fraction of sp³-hybridized carbons (Fsp3) is 0.467. The monoisotopic (exact) mass is 614 g/mol. The molecule has 0 bridgehead atoms. The van der Waals surface area contributed by atoms with E-state index in [1.54, 1.807) is 18.0 Å². The average molecular weight is 615 g/mol. The number of methoxy groups -OCH3 is 1. The second-order valence-corrected chi connectivity index (χ2v) is 10.5. The van der Waals surface area contributed by atoms with Gasteiger partial charge in [0.15, 0.2) is 23.4 Å². The van der Waals surface area contributed by atoms with Crippen LogP contribution in [0.5, 0.6) is 11.5 Å². The Morgan fingerprint density at radius 2 is 1.89 bits per heavy atom. The van der Waals surface area contributed by atoms with Crippen molar-refractivity contribution in [2.45, 2.75) is 68.7 Å². The third-order valence-electron chi connectivity index (χ3n) is 7.64. The molecule has 1 aromatic carbocycles. The number of aliphatic hydroxyl groups is 6. The first kappa shape index (κ1) is 33.0. The quantitative estimate of drug-likeness (QED) is 0.161. The van der Waals surface area contributed by atoms with Gasteiger partial charge in [0.2, 0.25) is 0 Å². The molecule has 2 aromatic heterocycles. The molecule has 44 heavy (non-hydrogen) atoms. The summed E-state index contributed by atoms with van der Waals surface area (Å²) in [5.74, 6) is 0.620. The molecule has 0 radical (unpaired) electrons. The number of fused-ring (bicyclic) bond motifs is 3. The lowest BCUT2D eigenvalue weighted by atomic mass is 9.74. The van der Waals surface area contributed by atoms with Crippen molar-refractivity contribution in [3.63, 3.8) is 0 Å². The Bertz CT molecular complexity index is 1420. The Hall–Kier alpha value is -3.92. The van der Waals surface area contributed by atoms with Crippen molar-refractivity contribution in [2.24, 2.45) is 4.99 Å². The Labute approximate surface area is 253 Å². The molecule has 1 saturated carbocycles. The van der Waals surface area contributed by atoms with Gasteiger partial charge in [-0.25, -0.2) is 14.5 Å². The molecule has 3 heterocycles. The lowest BCUT2D eigenvalue weighted by Crippen LogP contribution is -2.48. The first-order valence-corrected chi connectivity index (χ1v) is 14.2. The number of aromatic nitrogens is 3. The van der Waals surface area contributed by atoms with E-state index in [1.807, 2.05) is 43.6 Å². The molecule has 0 amide bonds.